The molecule has 0 fully saturated rings. The second-order valence-corrected chi connectivity index (χ2v) is 6.24. The van der Waals surface area contributed by atoms with Crippen molar-refractivity contribution in [1.29, 1.82) is 0 Å². The first-order valence-electron chi connectivity index (χ1n) is 8.80. The minimum Gasteiger partial charge on any atom is -0.475 e. The van der Waals surface area contributed by atoms with E-state index in [1.54, 1.807) is 12.4 Å². The van der Waals surface area contributed by atoms with Crippen LogP contribution in [0, 0.1) is 0 Å². The largest absolute Gasteiger partial charge is 0.490 e. The van der Waals surface area contributed by atoms with Gasteiger partial charge in [0, 0.05) is 38.7 Å². The number of aliphatic carboxylic acids is 1. The zero-order valence-corrected chi connectivity index (χ0v) is 15.9. The van der Waals surface area contributed by atoms with E-state index in [9.17, 15) is 18.0 Å². The van der Waals surface area contributed by atoms with E-state index in [-0.39, 0.29) is 5.91 Å². The lowest BCUT2D eigenvalue weighted by atomic mass is 10.1. The van der Waals surface area contributed by atoms with E-state index in [0.717, 1.165) is 36.5 Å². The highest BCUT2D eigenvalue weighted by Gasteiger charge is 2.38. The lowest BCUT2D eigenvalue weighted by Crippen LogP contribution is -2.33. The van der Waals surface area contributed by atoms with E-state index in [2.05, 4.69) is 21.8 Å². The lowest BCUT2D eigenvalue weighted by molar-refractivity contribution is -0.192. The number of carboxylic acids is 1. The topological polar surface area (TPSA) is 99.8 Å². The summed E-state index contributed by atoms with van der Waals surface area (Å²) in [5.74, 6) is -1.77. The summed E-state index contributed by atoms with van der Waals surface area (Å²) < 4.78 is 36.7. The number of anilines is 1. The number of alkyl halides is 3. The standard InChI is InChI=1S/C16H20N4O2.C2HF3O2/c1-3-19(2)15-13-4-7-20(8-5-14(13)17-11-18-15)16(21)12-6-9-22-10-12;3-2(4,5)1(6)7/h6,9-11H,3-5,7-8H2,1-2H3;(H,6,7). The first-order chi connectivity index (χ1) is 13.6. The highest BCUT2D eigenvalue weighted by atomic mass is 19.4. The van der Waals surface area contributed by atoms with Crippen molar-refractivity contribution >= 4 is 17.7 Å². The number of carbonyl (C=O) groups excluding carboxylic acids is 1. The van der Waals surface area contributed by atoms with E-state index in [0.29, 0.717) is 18.7 Å². The molecule has 0 atom stereocenters. The normalized spacial score (nSPS) is 13.6. The molecule has 8 nitrogen and oxygen atoms in total. The second kappa shape index (κ2) is 9.39. The van der Waals surface area contributed by atoms with Gasteiger partial charge in [-0.3, -0.25) is 4.79 Å². The molecule has 0 saturated carbocycles. The molecule has 1 amide bonds. The number of fused-ring (bicyclic) bond motifs is 1. The van der Waals surface area contributed by atoms with Crippen molar-refractivity contribution in [2.24, 2.45) is 0 Å². The van der Waals surface area contributed by atoms with E-state index < -0.39 is 12.1 Å². The summed E-state index contributed by atoms with van der Waals surface area (Å²) in [6.45, 7) is 4.33. The number of hydrogen-bond donors (Lipinski definition) is 1. The number of halogens is 3. The summed E-state index contributed by atoms with van der Waals surface area (Å²) in [5, 5.41) is 7.12. The second-order valence-electron chi connectivity index (χ2n) is 6.24. The van der Waals surface area contributed by atoms with Crippen LogP contribution in [0.3, 0.4) is 0 Å². The van der Waals surface area contributed by atoms with Crippen molar-refractivity contribution in [1.82, 2.24) is 14.9 Å². The number of aromatic nitrogens is 2. The van der Waals surface area contributed by atoms with Gasteiger partial charge in [0.15, 0.2) is 0 Å². The molecule has 0 spiro atoms. The Hall–Kier alpha value is -3.11. The molecule has 11 heteroatoms. The maximum absolute atomic E-state index is 12.5. The van der Waals surface area contributed by atoms with Gasteiger partial charge in [0.05, 0.1) is 17.5 Å². The Morgan fingerprint density at radius 2 is 1.93 bits per heavy atom. The zero-order valence-electron chi connectivity index (χ0n) is 15.9. The fourth-order valence-electron chi connectivity index (χ4n) is 2.76. The molecule has 29 heavy (non-hydrogen) atoms. The summed E-state index contributed by atoms with van der Waals surface area (Å²) >= 11 is 0. The van der Waals surface area contributed by atoms with Gasteiger partial charge in [0.25, 0.3) is 5.91 Å². The Labute approximate surface area is 165 Å². The summed E-state index contributed by atoms with van der Waals surface area (Å²) in [5.41, 5.74) is 2.81. The number of hydrogen-bond acceptors (Lipinski definition) is 6. The van der Waals surface area contributed by atoms with E-state index in [4.69, 9.17) is 14.3 Å². The molecule has 0 aromatic carbocycles. The molecular formula is C18H21F3N4O4. The van der Waals surface area contributed by atoms with Crippen LogP contribution in [0.25, 0.3) is 0 Å². The molecule has 3 heterocycles. The van der Waals surface area contributed by atoms with Gasteiger partial charge in [0.1, 0.15) is 18.4 Å². The predicted octanol–water partition coefficient (Wildman–Crippen LogP) is 2.40. The highest BCUT2D eigenvalue weighted by Crippen LogP contribution is 2.23. The molecule has 0 saturated heterocycles. The summed E-state index contributed by atoms with van der Waals surface area (Å²) in [6, 6.07) is 1.70. The van der Waals surface area contributed by atoms with Gasteiger partial charge in [0.2, 0.25) is 0 Å². The predicted molar refractivity (Wildman–Crippen MR) is 96.7 cm³/mol. The highest BCUT2D eigenvalue weighted by molar-refractivity contribution is 5.93. The fraction of sp³-hybridized carbons (Fsp3) is 0.444. The molecule has 0 unspecified atom stereocenters. The molecule has 3 rings (SSSR count). The SMILES string of the molecule is CCN(C)c1ncnc2c1CCN(C(=O)c1ccoc1)CC2.O=C(O)C(F)(F)F. The number of rotatable bonds is 3. The van der Waals surface area contributed by atoms with Crippen LogP contribution in [-0.4, -0.2) is 64.7 Å². The third-order valence-electron chi connectivity index (χ3n) is 4.40. The first-order valence-corrected chi connectivity index (χ1v) is 8.80. The number of furan rings is 1. The van der Waals surface area contributed by atoms with Gasteiger partial charge in [-0.2, -0.15) is 13.2 Å². The smallest absolute Gasteiger partial charge is 0.475 e. The Morgan fingerprint density at radius 3 is 2.48 bits per heavy atom. The molecule has 0 aliphatic carbocycles. The van der Waals surface area contributed by atoms with E-state index in [1.165, 1.54) is 12.5 Å². The Morgan fingerprint density at radius 1 is 1.28 bits per heavy atom. The zero-order chi connectivity index (χ0) is 21.6. The average molecular weight is 414 g/mol. The van der Waals surface area contributed by atoms with Gasteiger partial charge in [-0.05, 0) is 19.4 Å². The number of nitrogens with zero attached hydrogens (tertiary/aromatic N) is 4. The van der Waals surface area contributed by atoms with Crippen molar-refractivity contribution in [2.75, 3.05) is 31.6 Å². The van der Waals surface area contributed by atoms with Crippen molar-refractivity contribution in [3.63, 3.8) is 0 Å². The minimum atomic E-state index is -5.08. The van der Waals surface area contributed by atoms with Gasteiger partial charge < -0.3 is 19.3 Å². The molecule has 1 aliphatic heterocycles. The first kappa shape index (κ1) is 22.2. The van der Waals surface area contributed by atoms with Crippen LogP contribution in [0.1, 0.15) is 28.5 Å². The molecule has 1 N–H and O–H groups in total. The van der Waals surface area contributed by atoms with Crippen molar-refractivity contribution < 1.29 is 32.3 Å². The molecule has 0 bridgehead atoms. The summed E-state index contributed by atoms with van der Waals surface area (Å²) in [7, 11) is 2.03. The summed E-state index contributed by atoms with van der Waals surface area (Å²) in [4.78, 5) is 34.2. The number of amides is 1. The molecular weight excluding hydrogens is 393 g/mol. The van der Waals surface area contributed by atoms with Crippen molar-refractivity contribution in [3.8, 4) is 0 Å². The van der Waals surface area contributed by atoms with E-state index in [1.807, 2.05) is 11.9 Å². The average Bonchev–Trinajstić information content (AvgIpc) is 3.13. The monoisotopic (exact) mass is 414 g/mol. The van der Waals surface area contributed by atoms with Crippen LogP contribution >= 0.6 is 0 Å². The minimum absolute atomic E-state index is 0.0138. The Bertz CT molecular complexity index is 840. The molecule has 158 valence electrons. The van der Waals surface area contributed by atoms with Gasteiger partial charge >= 0.3 is 12.1 Å². The molecule has 2 aromatic rings. The van der Waals surface area contributed by atoms with Crippen LogP contribution in [-0.2, 0) is 17.6 Å². The van der Waals surface area contributed by atoms with Crippen LogP contribution in [0.5, 0.6) is 0 Å². The maximum atomic E-state index is 12.5. The van der Waals surface area contributed by atoms with Gasteiger partial charge in [-0.25, -0.2) is 14.8 Å². The maximum Gasteiger partial charge on any atom is 0.490 e. The number of carbonyl (C=O) groups is 2. The van der Waals surface area contributed by atoms with Crippen LogP contribution < -0.4 is 4.90 Å². The van der Waals surface area contributed by atoms with Crippen molar-refractivity contribution in [2.45, 2.75) is 25.9 Å². The third kappa shape index (κ3) is 5.69. The van der Waals surface area contributed by atoms with Gasteiger partial charge in [-0.15, -0.1) is 0 Å². The lowest BCUT2D eigenvalue weighted by Gasteiger charge is -2.20. The van der Waals surface area contributed by atoms with Gasteiger partial charge in [-0.1, -0.05) is 0 Å². The van der Waals surface area contributed by atoms with Crippen LogP contribution in [0.15, 0.2) is 29.3 Å². The van der Waals surface area contributed by atoms with E-state index >= 15 is 0 Å². The molecule has 1 aliphatic rings. The molecule has 0 radical (unpaired) electrons. The summed E-state index contributed by atoms with van der Waals surface area (Å²) in [6.07, 6.45) is 1.09. The number of carboxylic acid groups (broad SMARTS) is 1. The third-order valence-corrected chi connectivity index (χ3v) is 4.40. The Kier molecular flexibility index (Phi) is 7.18. The van der Waals surface area contributed by atoms with Crippen LogP contribution in [0.4, 0.5) is 19.0 Å². The molecule has 2 aromatic heterocycles. The fourth-order valence-corrected chi connectivity index (χ4v) is 2.76. The Balaban J connectivity index is 0.000000370. The van der Waals surface area contributed by atoms with Crippen molar-refractivity contribution in [3.05, 3.63) is 41.7 Å². The van der Waals surface area contributed by atoms with Crippen LogP contribution in [0.2, 0.25) is 0 Å². The quantitative estimate of drug-likeness (QED) is 0.823.